The van der Waals surface area contributed by atoms with Crippen LogP contribution >= 0.6 is 11.6 Å². The maximum absolute atomic E-state index is 9.48. The number of imidazole rings is 1. The van der Waals surface area contributed by atoms with Gasteiger partial charge in [0.2, 0.25) is 0 Å². The molecule has 0 bridgehead atoms. The van der Waals surface area contributed by atoms with Crippen LogP contribution in [-0.2, 0) is 0 Å². The first-order valence-corrected chi connectivity index (χ1v) is 5.69. The molecule has 1 heterocycles. The van der Waals surface area contributed by atoms with Gasteiger partial charge in [0.1, 0.15) is 17.3 Å². The molecule has 0 saturated carbocycles. The van der Waals surface area contributed by atoms with Crippen LogP contribution in [0.3, 0.4) is 0 Å². The molecule has 0 amide bonds. The molecule has 0 aliphatic heterocycles. The molecule has 4 nitrogen and oxygen atoms in total. The molecule has 0 aliphatic rings. The van der Waals surface area contributed by atoms with Gasteiger partial charge in [-0.05, 0) is 30.3 Å². The van der Waals surface area contributed by atoms with E-state index in [1.165, 1.54) is 6.07 Å². The molecule has 18 heavy (non-hydrogen) atoms. The highest BCUT2D eigenvalue weighted by Crippen LogP contribution is 2.31. The third-order valence-electron chi connectivity index (χ3n) is 2.67. The molecule has 0 spiro atoms. The Balaban J connectivity index is 2.22. The van der Waals surface area contributed by atoms with Crippen molar-refractivity contribution in [2.45, 2.75) is 0 Å². The van der Waals surface area contributed by atoms with Gasteiger partial charge in [-0.15, -0.1) is 0 Å². The lowest BCUT2D eigenvalue weighted by molar-refractivity contribution is 0.475. The molecule has 0 aliphatic carbocycles. The third-order valence-corrected chi connectivity index (χ3v) is 3.00. The van der Waals surface area contributed by atoms with E-state index in [9.17, 15) is 10.2 Å². The Kier molecular flexibility index (Phi) is 2.38. The van der Waals surface area contributed by atoms with Gasteiger partial charge in [0.25, 0.3) is 0 Å². The van der Waals surface area contributed by atoms with Crippen molar-refractivity contribution in [3.8, 4) is 22.9 Å². The fraction of sp³-hybridized carbons (Fsp3) is 0. The van der Waals surface area contributed by atoms with Gasteiger partial charge in [0, 0.05) is 11.6 Å². The molecular formula is C13H9ClN2O2. The van der Waals surface area contributed by atoms with Crippen LogP contribution < -0.4 is 0 Å². The van der Waals surface area contributed by atoms with E-state index in [0.717, 1.165) is 5.52 Å². The highest BCUT2D eigenvalue weighted by Gasteiger charge is 2.10. The first kappa shape index (κ1) is 10.9. The van der Waals surface area contributed by atoms with Crippen LogP contribution in [0.4, 0.5) is 0 Å². The number of aromatic nitrogens is 2. The second-order valence-corrected chi connectivity index (χ2v) is 4.36. The fourth-order valence-corrected chi connectivity index (χ4v) is 2.03. The fourth-order valence-electron chi connectivity index (χ4n) is 1.82. The predicted octanol–water partition coefficient (Wildman–Crippen LogP) is 3.29. The molecule has 0 radical (unpaired) electrons. The van der Waals surface area contributed by atoms with E-state index in [1.807, 2.05) is 0 Å². The van der Waals surface area contributed by atoms with Crippen LogP contribution in [0.1, 0.15) is 0 Å². The molecule has 3 rings (SSSR count). The number of nitrogens with zero attached hydrogens (tertiary/aromatic N) is 1. The largest absolute Gasteiger partial charge is 0.508 e. The molecule has 1 aromatic heterocycles. The summed E-state index contributed by atoms with van der Waals surface area (Å²) in [4.78, 5) is 7.42. The standard InChI is InChI=1S/C13H9ClN2O2/c14-10-3-1-7(17)5-9(10)13-15-11-4-2-8(18)6-12(11)16-13/h1-6,17-18H,(H,15,16). The van der Waals surface area contributed by atoms with Gasteiger partial charge in [-0.1, -0.05) is 11.6 Å². The van der Waals surface area contributed by atoms with Gasteiger partial charge in [-0.25, -0.2) is 4.98 Å². The Morgan fingerprint density at radius 1 is 1.00 bits per heavy atom. The zero-order chi connectivity index (χ0) is 12.7. The number of fused-ring (bicyclic) bond motifs is 1. The summed E-state index contributed by atoms with van der Waals surface area (Å²) in [5.41, 5.74) is 2.05. The SMILES string of the molecule is Oc1ccc(Cl)c(-c2nc3ccc(O)cc3[nH]2)c1. The Bertz CT molecular complexity index is 737. The quantitative estimate of drug-likeness (QED) is 0.629. The monoisotopic (exact) mass is 260 g/mol. The van der Waals surface area contributed by atoms with E-state index in [0.29, 0.717) is 21.9 Å². The van der Waals surface area contributed by atoms with Crippen molar-refractivity contribution < 1.29 is 10.2 Å². The topological polar surface area (TPSA) is 69.1 Å². The summed E-state index contributed by atoms with van der Waals surface area (Å²) in [6.07, 6.45) is 0. The number of phenolic OH excluding ortho intramolecular Hbond substituents is 2. The van der Waals surface area contributed by atoms with Crippen molar-refractivity contribution in [3.63, 3.8) is 0 Å². The molecule has 0 unspecified atom stereocenters. The lowest BCUT2D eigenvalue weighted by atomic mass is 10.2. The summed E-state index contributed by atoms with van der Waals surface area (Å²) in [6, 6.07) is 9.53. The van der Waals surface area contributed by atoms with Crippen molar-refractivity contribution in [1.82, 2.24) is 9.97 Å². The van der Waals surface area contributed by atoms with Crippen LogP contribution in [0.15, 0.2) is 36.4 Å². The first-order chi connectivity index (χ1) is 8.63. The molecular weight excluding hydrogens is 252 g/mol. The molecule has 3 aromatic rings. The summed E-state index contributed by atoms with van der Waals surface area (Å²) in [6.45, 7) is 0. The Morgan fingerprint density at radius 3 is 2.56 bits per heavy atom. The third kappa shape index (κ3) is 1.76. The van der Waals surface area contributed by atoms with Gasteiger partial charge >= 0.3 is 0 Å². The zero-order valence-corrected chi connectivity index (χ0v) is 9.94. The number of hydrogen-bond acceptors (Lipinski definition) is 3. The van der Waals surface area contributed by atoms with Crippen LogP contribution in [0.5, 0.6) is 11.5 Å². The van der Waals surface area contributed by atoms with Gasteiger partial charge in [-0.2, -0.15) is 0 Å². The van der Waals surface area contributed by atoms with Gasteiger partial charge in [0.05, 0.1) is 16.1 Å². The second kappa shape index (κ2) is 3.92. The number of aromatic amines is 1. The minimum Gasteiger partial charge on any atom is -0.508 e. The highest BCUT2D eigenvalue weighted by atomic mass is 35.5. The zero-order valence-electron chi connectivity index (χ0n) is 9.18. The summed E-state index contributed by atoms with van der Waals surface area (Å²) >= 11 is 6.07. The summed E-state index contributed by atoms with van der Waals surface area (Å²) in [5.74, 6) is 0.842. The number of hydrogen-bond donors (Lipinski definition) is 3. The maximum atomic E-state index is 9.48. The Hall–Kier alpha value is -2.20. The molecule has 90 valence electrons. The smallest absolute Gasteiger partial charge is 0.140 e. The molecule has 0 atom stereocenters. The van der Waals surface area contributed by atoms with Crippen LogP contribution in [0, 0.1) is 0 Å². The summed E-state index contributed by atoms with van der Waals surface area (Å²) < 4.78 is 0. The lowest BCUT2D eigenvalue weighted by Gasteiger charge is -2.00. The maximum Gasteiger partial charge on any atom is 0.140 e. The van der Waals surface area contributed by atoms with E-state index in [-0.39, 0.29) is 11.5 Å². The Labute approximate surface area is 107 Å². The molecule has 5 heteroatoms. The molecule has 0 fully saturated rings. The number of phenols is 2. The highest BCUT2D eigenvalue weighted by molar-refractivity contribution is 6.33. The van der Waals surface area contributed by atoms with Crippen molar-refractivity contribution in [2.75, 3.05) is 0 Å². The summed E-state index contributed by atoms with van der Waals surface area (Å²) in [5, 5.41) is 19.4. The van der Waals surface area contributed by atoms with Crippen molar-refractivity contribution in [1.29, 1.82) is 0 Å². The van der Waals surface area contributed by atoms with E-state index >= 15 is 0 Å². The minimum atomic E-state index is 0.123. The number of H-pyrrole nitrogens is 1. The number of halogens is 1. The lowest BCUT2D eigenvalue weighted by Crippen LogP contribution is -1.81. The van der Waals surface area contributed by atoms with Gasteiger partial charge < -0.3 is 15.2 Å². The van der Waals surface area contributed by atoms with Crippen LogP contribution in [0.2, 0.25) is 5.02 Å². The van der Waals surface area contributed by atoms with E-state index in [2.05, 4.69) is 9.97 Å². The normalized spacial score (nSPS) is 10.9. The average molecular weight is 261 g/mol. The van der Waals surface area contributed by atoms with E-state index in [1.54, 1.807) is 30.3 Å². The summed E-state index contributed by atoms with van der Waals surface area (Å²) in [7, 11) is 0. The molecule has 0 saturated heterocycles. The average Bonchev–Trinajstić information content (AvgIpc) is 2.74. The van der Waals surface area contributed by atoms with Gasteiger partial charge in [-0.3, -0.25) is 0 Å². The molecule has 3 N–H and O–H groups in total. The van der Waals surface area contributed by atoms with E-state index in [4.69, 9.17) is 11.6 Å². The Morgan fingerprint density at radius 2 is 1.72 bits per heavy atom. The number of aromatic hydroxyl groups is 2. The van der Waals surface area contributed by atoms with Crippen molar-refractivity contribution >= 4 is 22.6 Å². The van der Waals surface area contributed by atoms with E-state index < -0.39 is 0 Å². The van der Waals surface area contributed by atoms with Crippen LogP contribution in [0.25, 0.3) is 22.4 Å². The number of nitrogens with one attached hydrogen (secondary N) is 1. The van der Waals surface area contributed by atoms with Gasteiger partial charge in [0.15, 0.2) is 0 Å². The predicted molar refractivity (Wildman–Crippen MR) is 69.9 cm³/mol. The molecule has 2 aromatic carbocycles. The second-order valence-electron chi connectivity index (χ2n) is 3.95. The van der Waals surface area contributed by atoms with Crippen molar-refractivity contribution in [2.24, 2.45) is 0 Å². The first-order valence-electron chi connectivity index (χ1n) is 5.31. The number of benzene rings is 2. The van der Waals surface area contributed by atoms with Crippen LogP contribution in [-0.4, -0.2) is 20.2 Å². The number of rotatable bonds is 1. The van der Waals surface area contributed by atoms with Crippen molar-refractivity contribution in [3.05, 3.63) is 41.4 Å². The minimum absolute atomic E-state index is 0.123.